The Hall–Kier alpha value is -3.63. The first kappa shape index (κ1) is 29.9. The lowest BCUT2D eigenvalue weighted by Crippen LogP contribution is -2.49. The topological polar surface area (TPSA) is 106 Å². The lowest BCUT2D eigenvalue weighted by atomic mass is 10.0. The molecule has 2 aliphatic heterocycles. The maximum Gasteiger partial charge on any atom is 0.429 e. The van der Waals surface area contributed by atoms with Gasteiger partial charge in [0.1, 0.15) is 25.1 Å². The number of benzene rings is 2. The SMILES string of the molecule is COCC(=O)N(c1c(C)cccc1C)N1CCOC1=O.Cc1cccc(C)c1N(C(=O)CCl)C1CCOC1=O. The summed E-state index contributed by atoms with van der Waals surface area (Å²) >= 11 is 5.68. The highest BCUT2D eigenvalue weighted by Crippen LogP contribution is 2.30. The average Bonchev–Trinajstić information content (AvgIpc) is 3.51. The van der Waals surface area contributed by atoms with E-state index >= 15 is 0 Å². The molecule has 0 radical (unpaired) electrons. The van der Waals surface area contributed by atoms with Gasteiger partial charge in [0, 0.05) is 13.5 Å². The van der Waals surface area contributed by atoms with E-state index in [-0.39, 0.29) is 36.9 Å². The summed E-state index contributed by atoms with van der Waals surface area (Å²) in [6.07, 6.45) is -0.00741. The zero-order chi connectivity index (χ0) is 28.7. The monoisotopic (exact) mass is 559 g/mol. The van der Waals surface area contributed by atoms with Gasteiger partial charge in [0.25, 0.3) is 5.91 Å². The van der Waals surface area contributed by atoms with Crippen LogP contribution in [-0.2, 0) is 28.6 Å². The molecule has 2 fully saturated rings. The Labute approximate surface area is 233 Å². The normalized spacial score (nSPS) is 16.3. The third-order valence-electron chi connectivity index (χ3n) is 6.42. The fraction of sp³-hybridized carbons (Fsp3) is 0.429. The molecular weight excluding hydrogens is 526 g/mol. The van der Waals surface area contributed by atoms with Crippen LogP contribution < -0.4 is 9.91 Å². The molecule has 0 bridgehead atoms. The van der Waals surface area contributed by atoms with Crippen molar-refractivity contribution < 1.29 is 33.4 Å². The number of para-hydroxylation sites is 2. The van der Waals surface area contributed by atoms with E-state index in [1.54, 1.807) is 0 Å². The molecule has 1 atom stereocenters. The zero-order valence-corrected chi connectivity index (χ0v) is 23.6. The number of halogens is 1. The van der Waals surface area contributed by atoms with Gasteiger partial charge in [-0.3, -0.25) is 14.5 Å². The first-order valence-electron chi connectivity index (χ1n) is 12.6. The number of carbonyl (C=O) groups is 4. The highest BCUT2D eigenvalue weighted by molar-refractivity contribution is 6.30. The summed E-state index contributed by atoms with van der Waals surface area (Å²) in [5.74, 6) is -1.09. The number of ether oxygens (including phenoxy) is 3. The minimum absolute atomic E-state index is 0.0996. The van der Waals surface area contributed by atoms with Gasteiger partial charge < -0.3 is 14.2 Å². The van der Waals surface area contributed by atoms with Gasteiger partial charge in [0.05, 0.1) is 24.5 Å². The minimum Gasteiger partial charge on any atom is -0.464 e. The molecule has 39 heavy (non-hydrogen) atoms. The number of esters is 1. The van der Waals surface area contributed by atoms with Gasteiger partial charge in [0.2, 0.25) is 5.91 Å². The smallest absolute Gasteiger partial charge is 0.429 e. The van der Waals surface area contributed by atoms with Crippen molar-refractivity contribution >= 4 is 46.9 Å². The fourth-order valence-electron chi connectivity index (χ4n) is 4.70. The van der Waals surface area contributed by atoms with E-state index in [0.29, 0.717) is 25.3 Å². The second-order valence-corrected chi connectivity index (χ2v) is 9.49. The van der Waals surface area contributed by atoms with Gasteiger partial charge in [-0.05, 0) is 49.9 Å². The summed E-state index contributed by atoms with van der Waals surface area (Å²) in [6.45, 7) is 8.50. The summed E-state index contributed by atoms with van der Waals surface area (Å²) in [7, 11) is 1.45. The van der Waals surface area contributed by atoms with Gasteiger partial charge in [-0.25, -0.2) is 19.6 Å². The molecule has 0 aliphatic carbocycles. The Balaban J connectivity index is 0.000000216. The molecule has 11 heteroatoms. The van der Waals surface area contributed by atoms with Crippen LogP contribution >= 0.6 is 11.6 Å². The molecule has 0 saturated carbocycles. The summed E-state index contributed by atoms with van der Waals surface area (Å²) < 4.78 is 14.8. The number of anilines is 2. The predicted octanol–water partition coefficient (Wildman–Crippen LogP) is 3.84. The number of amides is 3. The number of rotatable bonds is 7. The van der Waals surface area contributed by atoms with Crippen molar-refractivity contribution in [2.45, 2.75) is 40.2 Å². The molecule has 2 heterocycles. The third-order valence-corrected chi connectivity index (χ3v) is 6.65. The Morgan fingerprint density at radius 3 is 1.92 bits per heavy atom. The number of carbonyl (C=O) groups excluding carboxylic acids is 4. The molecule has 1 unspecified atom stereocenters. The Kier molecular flexibility index (Phi) is 10.3. The summed E-state index contributed by atoms with van der Waals surface area (Å²) in [4.78, 5) is 49.5. The quantitative estimate of drug-likeness (QED) is 0.375. The number of nitrogens with zero attached hydrogens (tertiary/aromatic N) is 3. The van der Waals surface area contributed by atoms with Crippen molar-refractivity contribution in [3.05, 3.63) is 58.7 Å². The zero-order valence-electron chi connectivity index (χ0n) is 22.9. The van der Waals surface area contributed by atoms with Crippen molar-refractivity contribution in [1.82, 2.24) is 5.01 Å². The molecular formula is C28H34ClN3O7. The number of hydrazine groups is 1. The highest BCUT2D eigenvalue weighted by atomic mass is 35.5. The van der Waals surface area contributed by atoms with E-state index in [0.717, 1.165) is 27.9 Å². The summed E-state index contributed by atoms with van der Waals surface area (Å²) in [6, 6.07) is 10.9. The standard InChI is InChI=1S/C14H16ClNO3.C14H18N2O4/c1-9-4-3-5-10(2)13(9)16(12(17)8-15)11-6-7-19-14(11)18;1-10-5-4-6-11(2)13(10)16(12(17)9-19-3)15-7-8-20-14(15)18/h3-5,11H,6-8H2,1-2H3;4-6H,7-9H2,1-3H3. The van der Waals surface area contributed by atoms with Crippen molar-refractivity contribution in [2.75, 3.05) is 49.3 Å². The second kappa shape index (κ2) is 13.4. The van der Waals surface area contributed by atoms with Gasteiger partial charge in [-0.15, -0.1) is 11.6 Å². The average molecular weight is 560 g/mol. The lowest BCUT2D eigenvalue weighted by molar-refractivity contribution is -0.140. The van der Waals surface area contributed by atoms with E-state index in [2.05, 4.69) is 0 Å². The van der Waals surface area contributed by atoms with Crippen LogP contribution in [0.15, 0.2) is 36.4 Å². The molecule has 2 aromatic carbocycles. The van der Waals surface area contributed by atoms with Gasteiger partial charge >= 0.3 is 12.1 Å². The van der Waals surface area contributed by atoms with Crippen LogP contribution in [0.4, 0.5) is 16.2 Å². The number of aryl methyl sites for hydroxylation is 4. The molecule has 10 nitrogen and oxygen atoms in total. The van der Waals surface area contributed by atoms with Gasteiger partial charge in [-0.2, -0.15) is 0 Å². The van der Waals surface area contributed by atoms with E-state index < -0.39 is 12.1 Å². The van der Waals surface area contributed by atoms with Crippen LogP contribution in [0.3, 0.4) is 0 Å². The number of cyclic esters (lactones) is 2. The Morgan fingerprint density at radius 2 is 1.49 bits per heavy atom. The molecule has 0 spiro atoms. The number of alkyl halides is 1. The summed E-state index contributed by atoms with van der Waals surface area (Å²) in [5, 5.41) is 2.68. The largest absolute Gasteiger partial charge is 0.464 e. The van der Waals surface area contributed by atoms with Crippen molar-refractivity contribution in [2.24, 2.45) is 0 Å². The van der Waals surface area contributed by atoms with Gasteiger partial charge in [0.15, 0.2) is 0 Å². The molecule has 3 amide bonds. The molecule has 2 aromatic rings. The van der Waals surface area contributed by atoms with Crippen LogP contribution in [0.5, 0.6) is 0 Å². The van der Waals surface area contributed by atoms with Gasteiger partial charge in [-0.1, -0.05) is 36.4 Å². The van der Waals surface area contributed by atoms with E-state index in [9.17, 15) is 19.2 Å². The van der Waals surface area contributed by atoms with Crippen LogP contribution in [-0.4, -0.2) is 74.3 Å². The lowest BCUT2D eigenvalue weighted by Gasteiger charge is -2.31. The third kappa shape index (κ3) is 6.69. The van der Waals surface area contributed by atoms with E-state index in [4.69, 9.17) is 25.8 Å². The first-order valence-corrected chi connectivity index (χ1v) is 13.1. The molecule has 210 valence electrons. The molecule has 2 saturated heterocycles. The molecule has 4 rings (SSSR count). The minimum atomic E-state index is -0.564. The molecule has 0 aromatic heterocycles. The van der Waals surface area contributed by atoms with Crippen molar-refractivity contribution in [1.29, 1.82) is 0 Å². The van der Waals surface area contributed by atoms with Crippen molar-refractivity contribution in [3.63, 3.8) is 0 Å². The van der Waals surface area contributed by atoms with E-state index in [1.807, 2.05) is 64.1 Å². The first-order chi connectivity index (χ1) is 18.6. The number of methoxy groups -OCH3 is 1. The fourth-order valence-corrected chi connectivity index (χ4v) is 4.82. The van der Waals surface area contributed by atoms with Crippen LogP contribution in [0, 0.1) is 27.7 Å². The second-order valence-electron chi connectivity index (χ2n) is 9.23. The maximum absolute atomic E-state index is 12.3. The number of hydrogen-bond acceptors (Lipinski definition) is 7. The Bertz CT molecular complexity index is 1200. The van der Waals surface area contributed by atoms with Crippen LogP contribution in [0.25, 0.3) is 0 Å². The molecule has 0 N–H and O–H groups in total. The summed E-state index contributed by atoms with van der Waals surface area (Å²) in [5.41, 5.74) is 5.17. The number of hydrogen-bond donors (Lipinski definition) is 0. The van der Waals surface area contributed by atoms with Crippen LogP contribution in [0.1, 0.15) is 28.7 Å². The maximum atomic E-state index is 12.3. The Morgan fingerprint density at radius 1 is 0.923 bits per heavy atom. The van der Waals surface area contributed by atoms with Crippen molar-refractivity contribution in [3.8, 4) is 0 Å². The van der Waals surface area contributed by atoms with E-state index in [1.165, 1.54) is 22.0 Å². The predicted molar refractivity (Wildman–Crippen MR) is 147 cm³/mol. The van der Waals surface area contributed by atoms with Crippen LogP contribution in [0.2, 0.25) is 0 Å². The molecule has 2 aliphatic rings. The highest BCUT2D eigenvalue weighted by Gasteiger charge is 2.37.